The Labute approximate surface area is 173 Å². The number of rotatable bonds is 6. The number of amides is 4. The molecule has 0 aromatic carbocycles. The molecule has 8 heteroatoms. The first-order chi connectivity index (χ1) is 14.1. The van der Waals surface area contributed by atoms with Gasteiger partial charge in [0.15, 0.2) is 0 Å². The van der Waals surface area contributed by atoms with Gasteiger partial charge in [0.2, 0.25) is 5.91 Å². The lowest BCUT2D eigenvalue weighted by atomic mass is 9.94. The zero-order valence-electron chi connectivity index (χ0n) is 16.0. The molecule has 0 unspecified atom stereocenters. The Balaban J connectivity index is 1.43. The predicted octanol–water partition coefficient (Wildman–Crippen LogP) is 2.99. The number of carbonyl (C=O) groups is 3. The van der Waals surface area contributed by atoms with Gasteiger partial charge in [0.25, 0.3) is 5.91 Å². The van der Waals surface area contributed by atoms with Crippen LogP contribution >= 0.6 is 11.3 Å². The summed E-state index contributed by atoms with van der Waals surface area (Å²) in [6.45, 7) is 0. The molecule has 2 atom stereocenters. The monoisotopic (exact) mass is 412 g/mol. The lowest BCUT2D eigenvalue weighted by Gasteiger charge is -2.28. The lowest BCUT2D eigenvalue weighted by molar-refractivity contribution is -0.132. The van der Waals surface area contributed by atoms with Crippen LogP contribution < -0.4 is 10.6 Å². The van der Waals surface area contributed by atoms with Crippen molar-refractivity contribution >= 4 is 29.2 Å². The Morgan fingerprint density at radius 2 is 1.97 bits per heavy atom. The first-order valence-electron chi connectivity index (χ1n) is 10.00. The first-order valence-corrected chi connectivity index (χ1v) is 10.9. The van der Waals surface area contributed by atoms with E-state index in [9.17, 15) is 14.4 Å². The van der Waals surface area contributed by atoms with Gasteiger partial charge < -0.3 is 10.6 Å². The van der Waals surface area contributed by atoms with E-state index in [0.29, 0.717) is 0 Å². The maximum atomic E-state index is 12.8. The molecule has 1 saturated carbocycles. The summed E-state index contributed by atoms with van der Waals surface area (Å²) >= 11 is 1.55. The SMILES string of the molecule is O=C(C[C@H]1NC(=O)N(C2CCCCC2)C1=O)N[C@@H](c1ccncc1)c1cccs1. The summed E-state index contributed by atoms with van der Waals surface area (Å²) in [4.78, 5) is 44.3. The molecule has 2 N–H and O–H groups in total. The van der Waals surface area contributed by atoms with Crippen LogP contribution in [0.4, 0.5) is 4.79 Å². The van der Waals surface area contributed by atoms with E-state index in [0.717, 1.165) is 42.5 Å². The van der Waals surface area contributed by atoms with Gasteiger partial charge in [-0.3, -0.25) is 19.5 Å². The second-order valence-electron chi connectivity index (χ2n) is 7.50. The molecule has 2 fully saturated rings. The number of nitrogens with one attached hydrogen (secondary N) is 2. The van der Waals surface area contributed by atoms with Crippen molar-refractivity contribution in [1.82, 2.24) is 20.5 Å². The topological polar surface area (TPSA) is 91.4 Å². The third-order valence-corrected chi connectivity index (χ3v) is 6.49. The highest BCUT2D eigenvalue weighted by atomic mass is 32.1. The van der Waals surface area contributed by atoms with E-state index in [1.54, 1.807) is 23.7 Å². The van der Waals surface area contributed by atoms with Crippen LogP contribution in [0.3, 0.4) is 0 Å². The molecule has 2 aliphatic rings. The highest BCUT2D eigenvalue weighted by Gasteiger charge is 2.43. The lowest BCUT2D eigenvalue weighted by Crippen LogP contribution is -2.42. The summed E-state index contributed by atoms with van der Waals surface area (Å²) in [6.07, 6.45) is 8.20. The smallest absolute Gasteiger partial charge is 0.325 e. The molecule has 0 spiro atoms. The van der Waals surface area contributed by atoms with Crippen LogP contribution in [0.15, 0.2) is 42.0 Å². The molecule has 4 rings (SSSR count). The van der Waals surface area contributed by atoms with Gasteiger partial charge in [-0.2, -0.15) is 0 Å². The first kappa shape index (κ1) is 19.6. The summed E-state index contributed by atoms with van der Waals surface area (Å²) in [5.41, 5.74) is 0.918. The van der Waals surface area contributed by atoms with E-state index in [1.165, 1.54) is 4.90 Å². The molecule has 152 valence electrons. The van der Waals surface area contributed by atoms with Crippen LogP contribution in [0.5, 0.6) is 0 Å². The Morgan fingerprint density at radius 3 is 2.66 bits per heavy atom. The van der Waals surface area contributed by atoms with E-state index in [2.05, 4.69) is 15.6 Å². The third kappa shape index (κ3) is 4.32. The number of aromatic nitrogens is 1. The molecule has 4 amide bonds. The maximum Gasteiger partial charge on any atom is 0.325 e. The number of hydrogen-bond donors (Lipinski definition) is 2. The van der Waals surface area contributed by atoms with Crippen LogP contribution in [-0.2, 0) is 9.59 Å². The number of imide groups is 1. The quantitative estimate of drug-likeness (QED) is 0.714. The molecule has 7 nitrogen and oxygen atoms in total. The molecule has 1 aliphatic heterocycles. The number of carbonyl (C=O) groups excluding carboxylic acids is 3. The normalized spacial score (nSPS) is 21.1. The largest absolute Gasteiger partial charge is 0.344 e. The average molecular weight is 413 g/mol. The number of hydrogen-bond acceptors (Lipinski definition) is 5. The number of pyridine rings is 1. The number of nitrogens with zero attached hydrogens (tertiary/aromatic N) is 2. The standard InChI is InChI=1S/C21H24N4O3S/c26-18(24-19(17-7-4-12-29-17)14-8-10-22-11-9-14)13-16-20(27)25(21(28)23-16)15-5-2-1-3-6-15/h4,7-12,15-16,19H,1-3,5-6,13H2,(H,23,28)(H,24,26)/t16-,19+/m1/s1. The van der Waals surface area contributed by atoms with Crippen molar-refractivity contribution in [3.05, 3.63) is 52.5 Å². The van der Waals surface area contributed by atoms with Crippen molar-refractivity contribution < 1.29 is 14.4 Å². The van der Waals surface area contributed by atoms with Crippen molar-refractivity contribution in [1.29, 1.82) is 0 Å². The number of thiophene rings is 1. The fraction of sp³-hybridized carbons (Fsp3) is 0.429. The Morgan fingerprint density at radius 1 is 1.21 bits per heavy atom. The highest BCUT2D eigenvalue weighted by Crippen LogP contribution is 2.27. The minimum Gasteiger partial charge on any atom is -0.344 e. The van der Waals surface area contributed by atoms with Crippen LogP contribution in [0.1, 0.15) is 55.0 Å². The molecule has 0 radical (unpaired) electrons. The van der Waals surface area contributed by atoms with Gasteiger partial charge in [0.05, 0.1) is 12.5 Å². The zero-order chi connectivity index (χ0) is 20.2. The van der Waals surface area contributed by atoms with Gasteiger partial charge in [0.1, 0.15) is 6.04 Å². The summed E-state index contributed by atoms with van der Waals surface area (Å²) in [5, 5.41) is 7.67. The highest BCUT2D eigenvalue weighted by molar-refractivity contribution is 7.10. The van der Waals surface area contributed by atoms with Crippen molar-refractivity contribution in [3.8, 4) is 0 Å². The van der Waals surface area contributed by atoms with Crippen molar-refractivity contribution in [2.45, 2.75) is 56.7 Å². The van der Waals surface area contributed by atoms with E-state index < -0.39 is 6.04 Å². The average Bonchev–Trinajstić information content (AvgIpc) is 3.36. The van der Waals surface area contributed by atoms with E-state index in [-0.39, 0.29) is 36.3 Å². The van der Waals surface area contributed by atoms with Gasteiger partial charge in [-0.1, -0.05) is 25.3 Å². The zero-order valence-corrected chi connectivity index (χ0v) is 16.9. The predicted molar refractivity (Wildman–Crippen MR) is 109 cm³/mol. The maximum absolute atomic E-state index is 12.8. The van der Waals surface area contributed by atoms with Crippen LogP contribution in [-0.4, -0.2) is 39.8 Å². The van der Waals surface area contributed by atoms with E-state index in [4.69, 9.17) is 0 Å². The van der Waals surface area contributed by atoms with Crippen molar-refractivity contribution in [3.63, 3.8) is 0 Å². The van der Waals surface area contributed by atoms with Gasteiger partial charge in [-0.25, -0.2) is 4.79 Å². The fourth-order valence-electron chi connectivity index (χ4n) is 4.11. The fourth-order valence-corrected chi connectivity index (χ4v) is 4.91. The molecule has 29 heavy (non-hydrogen) atoms. The molecule has 1 saturated heterocycles. The molecule has 0 bridgehead atoms. The summed E-state index contributed by atoms with van der Waals surface area (Å²) in [6, 6.07) is 6.09. The number of urea groups is 1. The molecule has 2 aromatic rings. The summed E-state index contributed by atoms with van der Waals surface area (Å²) in [5.74, 6) is -0.557. The molecular weight excluding hydrogens is 388 g/mol. The second kappa shape index (κ2) is 8.73. The Hall–Kier alpha value is -2.74. The second-order valence-corrected chi connectivity index (χ2v) is 8.48. The third-order valence-electron chi connectivity index (χ3n) is 5.55. The van der Waals surface area contributed by atoms with Gasteiger partial charge in [-0.05, 0) is 42.0 Å². The van der Waals surface area contributed by atoms with Crippen LogP contribution in [0.25, 0.3) is 0 Å². The van der Waals surface area contributed by atoms with Gasteiger partial charge >= 0.3 is 6.03 Å². The van der Waals surface area contributed by atoms with Gasteiger partial charge in [0, 0.05) is 23.3 Å². The van der Waals surface area contributed by atoms with Crippen LogP contribution in [0, 0.1) is 0 Å². The minimum atomic E-state index is -0.800. The Kier molecular flexibility index (Phi) is 5.89. The van der Waals surface area contributed by atoms with Crippen molar-refractivity contribution in [2.24, 2.45) is 0 Å². The molecule has 3 heterocycles. The molecule has 2 aromatic heterocycles. The minimum absolute atomic E-state index is 0.0417. The molecule has 1 aliphatic carbocycles. The van der Waals surface area contributed by atoms with Crippen LogP contribution in [0.2, 0.25) is 0 Å². The van der Waals surface area contributed by atoms with Crippen molar-refractivity contribution in [2.75, 3.05) is 0 Å². The van der Waals surface area contributed by atoms with E-state index >= 15 is 0 Å². The Bertz CT molecular complexity index is 865. The molecular formula is C21H24N4O3S. The van der Waals surface area contributed by atoms with E-state index in [1.807, 2.05) is 29.6 Å². The summed E-state index contributed by atoms with van der Waals surface area (Å²) < 4.78 is 0. The van der Waals surface area contributed by atoms with Gasteiger partial charge in [-0.15, -0.1) is 11.3 Å². The summed E-state index contributed by atoms with van der Waals surface area (Å²) in [7, 11) is 0.